The number of hydrogen-bond donors (Lipinski definition) is 0. The van der Waals surface area contributed by atoms with Gasteiger partial charge < -0.3 is 0 Å². The molecule has 0 saturated carbocycles. The second-order valence-corrected chi connectivity index (χ2v) is 3.70. The van der Waals surface area contributed by atoms with Crippen molar-refractivity contribution in [1.82, 2.24) is 0 Å². The smallest absolute Gasteiger partial charge is 0.101 e. The van der Waals surface area contributed by atoms with Crippen LogP contribution in [-0.2, 0) is 0 Å². The quantitative estimate of drug-likeness (QED) is 0.531. The minimum Gasteiger partial charge on any atom is -0.192 e. The Morgan fingerprint density at radius 3 is 2.55 bits per heavy atom. The van der Waals surface area contributed by atoms with E-state index in [-0.39, 0.29) is 0 Å². The molecule has 0 aromatic heterocycles. The molecule has 1 rings (SSSR count). The summed E-state index contributed by atoms with van der Waals surface area (Å²) < 4.78 is 0.727. The molecule has 0 aliphatic heterocycles. The summed E-state index contributed by atoms with van der Waals surface area (Å²) in [6.45, 7) is 0. The van der Waals surface area contributed by atoms with Gasteiger partial charge in [0.15, 0.2) is 0 Å². The summed E-state index contributed by atoms with van der Waals surface area (Å²) in [5.74, 6) is 0. The van der Waals surface area contributed by atoms with Gasteiger partial charge in [-0.2, -0.15) is 5.26 Å². The van der Waals surface area contributed by atoms with Crippen LogP contribution in [0.15, 0.2) is 12.1 Å². The monoisotopic (exact) mass is 297 g/mol. The van der Waals surface area contributed by atoms with E-state index >= 15 is 0 Å². The molecule has 56 valence electrons. The van der Waals surface area contributed by atoms with Crippen LogP contribution in [0.5, 0.6) is 0 Å². The lowest BCUT2D eigenvalue weighted by molar-refractivity contribution is 1.47. The van der Waals surface area contributed by atoms with Crippen LogP contribution in [0, 0.1) is 14.9 Å². The minimum absolute atomic E-state index is 0.431. The average Bonchev–Trinajstić information content (AvgIpc) is 2.01. The van der Waals surface area contributed by atoms with Gasteiger partial charge in [0.2, 0.25) is 0 Å². The maximum absolute atomic E-state index is 8.55. The number of benzene rings is 1. The largest absolute Gasteiger partial charge is 0.192 e. The molecule has 11 heavy (non-hydrogen) atoms. The number of rotatable bonds is 0. The van der Waals surface area contributed by atoms with Crippen molar-refractivity contribution in [1.29, 1.82) is 5.26 Å². The Hall–Kier alpha value is 0.0200. The van der Waals surface area contributed by atoms with Crippen molar-refractivity contribution < 1.29 is 0 Å². The van der Waals surface area contributed by atoms with E-state index in [0.717, 1.165) is 3.57 Å². The van der Waals surface area contributed by atoms with Gasteiger partial charge in [0.25, 0.3) is 0 Å². The van der Waals surface area contributed by atoms with E-state index in [9.17, 15) is 0 Å². The van der Waals surface area contributed by atoms with Gasteiger partial charge in [-0.05, 0) is 34.7 Å². The van der Waals surface area contributed by atoms with Crippen LogP contribution in [0.4, 0.5) is 0 Å². The van der Waals surface area contributed by atoms with Crippen molar-refractivity contribution >= 4 is 45.8 Å². The van der Waals surface area contributed by atoms with E-state index in [1.807, 2.05) is 28.7 Å². The predicted molar refractivity (Wildman–Crippen MR) is 53.9 cm³/mol. The summed E-state index contributed by atoms with van der Waals surface area (Å²) in [5.41, 5.74) is 0.459. The fourth-order valence-electron chi connectivity index (χ4n) is 0.612. The Labute approximate surface area is 88.1 Å². The Balaban J connectivity index is 3.40. The molecule has 4 heteroatoms. The van der Waals surface area contributed by atoms with Crippen LogP contribution in [0.1, 0.15) is 5.56 Å². The molecule has 0 amide bonds. The van der Waals surface area contributed by atoms with Crippen LogP contribution < -0.4 is 0 Å². The van der Waals surface area contributed by atoms with E-state index in [2.05, 4.69) is 0 Å². The highest BCUT2D eigenvalue weighted by Gasteiger charge is 2.06. The Kier molecular flexibility index (Phi) is 2.99. The molecule has 0 heterocycles. The number of nitrogens with zero attached hydrogens (tertiary/aromatic N) is 1. The van der Waals surface area contributed by atoms with Gasteiger partial charge >= 0.3 is 0 Å². The topological polar surface area (TPSA) is 23.8 Å². The van der Waals surface area contributed by atoms with Gasteiger partial charge in [-0.15, -0.1) is 0 Å². The first kappa shape index (κ1) is 9.11. The first-order valence-electron chi connectivity index (χ1n) is 2.70. The molecule has 0 saturated heterocycles. The first-order chi connectivity index (χ1) is 5.16. The lowest BCUT2D eigenvalue weighted by Gasteiger charge is -1.99. The fraction of sp³-hybridized carbons (Fsp3) is 0. The van der Waals surface area contributed by atoms with Gasteiger partial charge in [-0.1, -0.05) is 23.2 Å². The third kappa shape index (κ3) is 1.78. The van der Waals surface area contributed by atoms with Crippen LogP contribution >= 0.6 is 45.8 Å². The van der Waals surface area contributed by atoms with Crippen molar-refractivity contribution in [2.24, 2.45) is 0 Å². The third-order valence-corrected chi connectivity index (χ3v) is 3.62. The summed E-state index contributed by atoms with van der Waals surface area (Å²) in [6.07, 6.45) is 0. The molecular weight excluding hydrogens is 296 g/mol. The predicted octanol–water partition coefficient (Wildman–Crippen LogP) is 3.47. The zero-order valence-corrected chi connectivity index (χ0v) is 8.91. The summed E-state index contributed by atoms with van der Waals surface area (Å²) >= 11 is 13.5. The normalized spacial score (nSPS) is 9.27. The Bertz CT molecular complexity index is 330. The molecule has 0 aliphatic rings. The summed E-state index contributed by atoms with van der Waals surface area (Å²) in [4.78, 5) is 0. The van der Waals surface area contributed by atoms with E-state index in [1.54, 1.807) is 12.1 Å². The molecule has 0 radical (unpaired) electrons. The molecule has 1 nitrogen and oxygen atoms in total. The van der Waals surface area contributed by atoms with Gasteiger partial charge in [0.05, 0.1) is 19.2 Å². The van der Waals surface area contributed by atoms with Gasteiger partial charge in [-0.25, -0.2) is 0 Å². The summed E-state index contributed by atoms with van der Waals surface area (Å²) in [5, 5.41) is 9.56. The highest BCUT2D eigenvalue weighted by atomic mass is 127. The molecule has 1 aromatic carbocycles. The highest BCUT2D eigenvalue weighted by molar-refractivity contribution is 14.1. The second kappa shape index (κ2) is 3.61. The molecule has 0 bridgehead atoms. The first-order valence-corrected chi connectivity index (χ1v) is 4.54. The second-order valence-electron chi connectivity index (χ2n) is 1.83. The zero-order valence-electron chi connectivity index (χ0n) is 5.24. The third-order valence-electron chi connectivity index (χ3n) is 1.16. The molecule has 0 atom stereocenters. The molecule has 0 unspecified atom stereocenters. The highest BCUT2D eigenvalue weighted by Crippen LogP contribution is 2.28. The van der Waals surface area contributed by atoms with Gasteiger partial charge in [0.1, 0.15) is 6.07 Å². The van der Waals surface area contributed by atoms with Gasteiger partial charge in [-0.3, -0.25) is 0 Å². The van der Waals surface area contributed by atoms with E-state index in [1.165, 1.54) is 0 Å². The van der Waals surface area contributed by atoms with Crippen molar-refractivity contribution in [2.75, 3.05) is 0 Å². The maximum Gasteiger partial charge on any atom is 0.101 e. The molecule has 0 aliphatic carbocycles. The summed E-state index contributed by atoms with van der Waals surface area (Å²) in [7, 11) is 0. The molecule has 1 aromatic rings. The number of hydrogen-bond acceptors (Lipinski definition) is 1. The summed E-state index contributed by atoms with van der Waals surface area (Å²) in [6, 6.07) is 5.23. The maximum atomic E-state index is 8.55. The Morgan fingerprint density at radius 2 is 2.00 bits per heavy atom. The molecule has 0 spiro atoms. The molecule has 0 N–H and O–H groups in total. The van der Waals surface area contributed by atoms with Gasteiger partial charge in [0, 0.05) is 0 Å². The van der Waals surface area contributed by atoms with Crippen LogP contribution in [-0.4, -0.2) is 0 Å². The van der Waals surface area contributed by atoms with Crippen LogP contribution in [0.3, 0.4) is 0 Å². The average molecular weight is 298 g/mol. The zero-order chi connectivity index (χ0) is 8.43. The van der Waals surface area contributed by atoms with Crippen LogP contribution in [0.2, 0.25) is 10.0 Å². The molecule has 0 fully saturated rings. The fourth-order valence-corrected chi connectivity index (χ4v) is 1.50. The number of halogens is 3. The van der Waals surface area contributed by atoms with Crippen molar-refractivity contribution in [3.63, 3.8) is 0 Å². The minimum atomic E-state index is 0.431. The SMILES string of the molecule is N#Cc1ccc(Cl)c(I)c1Cl. The van der Waals surface area contributed by atoms with Crippen LogP contribution in [0.25, 0.3) is 0 Å². The van der Waals surface area contributed by atoms with Crippen molar-refractivity contribution in [3.05, 3.63) is 31.3 Å². The Morgan fingerprint density at radius 1 is 1.36 bits per heavy atom. The van der Waals surface area contributed by atoms with E-state index in [0.29, 0.717) is 15.6 Å². The van der Waals surface area contributed by atoms with Crippen molar-refractivity contribution in [3.8, 4) is 6.07 Å². The lowest BCUT2D eigenvalue weighted by atomic mass is 10.2. The van der Waals surface area contributed by atoms with E-state index < -0.39 is 0 Å². The standard InChI is InChI=1S/C7H2Cl2IN/c8-5-2-1-4(3-11)6(9)7(5)10/h1-2H. The lowest BCUT2D eigenvalue weighted by Crippen LogP contribution is -1.81. The van der Waals surface area contributed by atoms with Crippen molar-refractivity contribution in [2.45, 2.75) is 0 Å². The number of nitriles is 1. The van der Waals surface area contributed by atoms with E-state index in [4.69, 9.17) is 28.5 Å². The molecular formula is C7H2Cl2IN.